The van der Waals surface area contributed by atoms with Crippen LogP contribution in [-0.2, 0) is 0 Å². The third-order valence-corrected chi connectivity index (χ3v) is 4.30. The number of hydrogen-bond donors (Lipinski definition) is 1. The molecule has 0 spiro atoms. The van der Waals surface area contributed by atoms with E-state index in [0.717, 1.165) is 23.1 Å². The van der Waals surface area contributed by atoms with Gasteiger partial charge in [0.15, 0.2) is 0 Å². The van der Waals surface area contributed by atoms with Gasteiger partial charge in [0, 0.05) is 17.8 Å². The first-order chi connectivity index (χ1) is 10.3. The van der Waals surface area contributed by atoms with Crippen LogP contribution in [0.1, 0.15) is 32.6 Å². The smallest absolute Gasteiger partial charge is 0.129 e. The second kappa shape index (κ2) is 6.66. The maximum Gasteiger partial charge on any atom is 0.129 e. The molecule has 1 aliphatic rings. The Balaban J connectivity index is 1.63. The highest BCUT2D eigenvalue weighted by atomic mass is 16.5. The largest absolute Gasteiger partial charge is 0.457 e. The van der Waals surface area contributed by atoms with Crippen LogP contribution >= 0.6 is 0 Å². The highest BCUT2D eigenvalue weighted by molar-refractivity contribution is 5.50. The summed E-state index contributed by atoms with van der Waals surface area (Å²) in [6, 6.07) is 18.8. The van der Waals surface area contributed by atoms with Gasteiger partial charge in [-0.1, -0.05) is 37.6 Å². The zero-order valence-electron chi connectivity index (χ0n) is 12.6. The van der Waals surface area contributed by atoms with Gasteiger partial charge >= 0.3 is 0 Å². The van der Waals surface area contributed by atoms with E-state index in [1.165, 1.54) is 25.7 Å². The Bertz CT molecular complexity index is 567. The fourth-order valence-electron chi connectivity index (χ4n) is 3.09. The molecule has 0 heterocycles. The van der Waals surface area contributed by atoms with Crippen molar-refractivity contribution in [3.05, 3.63) is 54.6 Å². The third-order valence-electron chi connectivity index (χ3n) is 4.30. The van der Waals surface area contributed by atoms with Crippen molar-refractivity contribution < 1.29 is 4.74 Å². The molecule has 2 heteroatoms. The van der Waals surface area contributed by atoms with Crippen molar-refractivity contribution in [1.82, 2.24) is 0 Å². The lowest BCUT2D eigenvalue weighted by molar-refractivity contribution is 0.483. The SMILES string of the molecule is CCC1CCC(Nc2cccc(Oc3ccccc3)c2)C1. The highest BCUT2D eigenvalue weighted by Gasteiger charge is 2.22. The van der Waals surface area contributed by atoms with Gasteiger partial charge in [-0.15, -0.1) is 0 Å². The first-order valence-electron chi connectivity index (χ1n) is 7.93. The molecular formula is C19H23NO. The van der Waals surface area contributed by atoms with Crippen molar-refractivity contribution in [2.75, 3.05) is 5.32 Å². The molecule has 0 saturated heterocycles. The maximum absolute atomic E-state index is 5.89. The van der Waals surface area contributed by atoms with Crippen molar-refractivity contribution >= 4 is 5.69 Å². The first kappa shape index (κ1) is 14.0. The molecule has 3 rings (SSSR count). The van der Waals surface area contributed by atoms with E-state index < -0.39 is 0 Å². The molecule has 2 aromatic rings. The topological polar surface area (TPSA) is 21.3 Å². The van der Waals surface area contributed by atoms with Gasteiger partial charge in [0.2, 0.25) is 0 Å². The molecule has 2 nitrogen and oxygen atoms in total. The number of ether oxygens (including phenoxy) is 1. The summed E-state index contributed by atoms with van der Waals surface area (Å²) in [6.45, 7) is 2.29. The summed E-state index contributed by atoms with van der Waals surface area (Å²) in [5.41, 5.74) is 1.16. The van der Waals surface area contributed by atoms with Gasteiger partial charge in [0.25, 0.3) is 0 Å². The van der Waals surface area contributed by atoms with Crippen LogP contribution in [0, 0.1) is 5.92 Å². The summed E-state index contributed by atoms with van der Waals surface area (Å²) >= 11 is 0. The van der Waals surface area contributed by atoms with Crippen molar-refractivity contribution in [2.45, 2.75) is 38.6 Å². The predicted molar refractivity (Wildman–Crippen MR) is 88.0 cm³/mol. The summed E-state index contributed by atoms with van der Waals surface area (Å²) in [5, 5.41) is 3.65. The van der Waals surface area contributed by atoms with Crippen molar-refractivity contribution in [3.8, 4) is 11.5 Å². The molecule has 1 aliphatic carbocycles. The van der Waals surface area contributed by atoms with Gasteiger partial charge in [0.05, 0.1) is 0 Å². The van der Waals surface area contributed by atoms with Gasteiger partial charge in [0.1, 0.15) is 11.5 Å². The summed E-state index contributed by atoms with van der Waals surface area (Å²) in [4.78, 5) is 0. The average Bonchev–Trinajstić information content (AvgIpc) is 2.96. The van der Waals surface area contributed by atoms with Crippen LogP contribution < -0.4 is 10.1 Å². The molecule has 0 bridgehead atoms. The Kier molecular flexibility index (Phi) is 4.44. The molecule has 0 radical (unpaired) electrons. The number of benzene rings is 2. The second-order valence-corrected chi connectivity index (χ2v) is 5.87. The van der Waals surface area contributed by atoms with Crippen LogP contribution in [0.25, 0.3) is 0 Å². The number of hydrogen-bond acceptors (Lipinski definition) is 2. The van der Waals surface area contributed by atoms with Gasteiger partial charge in [-0.2, -0.15) is 0 Å². The molecule has 0 amide bonds. The van der Waals surface area contributed by atoms with Gasteiger partial charge in [-0.3, -0.25) is 0 Å². The molecule has 1 saturated carbocycles. The fraction of sp³-hybridized carbons (Fsp3) is 0.368. The average molecular weight is 281 g/mol. The van der Waals surface area contributed by atoms with Crippen LogP contribution in [0.15, 0.2) is 54.6 Å². The highest BCUT2D eigenvalue weighted by Crippen LogP contribution is 2.31. The van der Waals surface area contributed by atoms with Crippen molar-refractivity contribution in [2.24, 2.45) is 5.92 Å². The number of anilines is 1. The van der Waals surface area contributed by atoms with E-state index >= 15 is 0 Å². The Morgan fingerprint density at radius 1 is 1.00 bits per heavy atom. The minimum absolute atomic E-state index is 0.613. The zero-order chi connectivity index (χ0) is 14.5. The van der Waals surface area contributed by atoms with Crippen LogP contribution in [0.4, 0.5) is 5.69 Å². The molecule has 0 aromatic heterocycles. The van der Waals surface area contributed by atoms with Crippen molar-refractivity contribution in [1.29, 1.82) is 0 Å². The van der Waals surface area contributed by atoms with Crippen LogP contribution in [0.2, 0.25) is 0 Å². The fourth-order valence-corrected chi connectivity index (χ4v) is 3.09. The second-order valence-electron chi connectivity index (χ2n) is 5.87. The summed E-state index contributed by atoms with van der Waals surface area (Å²) in [5.74, 6) is 2.66. The quantitative estimate of drug-likeness (QED) is 0.784. The summed E-state index contributed by atoms with van der Waals surface area (Å²) in [7, 11) is 0. The van der Waals surface area contributed by atoms with Crippen LogP contribution in [-0.4, -0.2) is 6.04 Å². The van der Waals surface area contributed by atoms with Crippen LogP contribution in [0.3, 0.4) is 0 Å². The minimum atomic E-state index is 0.613. The van der Waals surface area contributed by atoms with E-state index in [1.807, 2.05) is 42.5 Å². The Morgan fingerprint density at radius 3 is 2.57 bits per heavy atom. The van der Waals surface area contributed by atoms with Gasteiger partial charge in [-0.25, -0.2) is 0 Å². The lowest BCUT2D eigenvalue weighted by Crippen LogP contribution is -2.15. The third kappa shape index (κ3) is 3.78. The van der Waals surface area contributed by atoms with E-state index in [0.29, 0.717) is 6.04 Å². The number of nitrogens with one attached hydrogen (secondary N) is 1. The van der Waals surface area contributed by atoms with E-state index in [4.69, 9.17) is 4.74 Å². The molecule has 1 fully saturated rings. The van der Waals surface area contributed by atoms with Crippen LogP contribution in [0.5, 0.6) is 11.5 Å². The molecule has 2 aromatic carbocycles. The Hall–Kier alpha value is -1.96. The number of para-hydroxylation sites is 1. The lowest BCUT2D eigenvalue weighted by atomic mass is 10.1. The molecule has 110 valence electrons. The summed E-state index contributed by atoms with van der Waals surface area (Å²) in [6.07, 6.45) is 5.23. The van der Waals surface area contributed by atoms with E-state index in [-0.39, 0.29) is 0 Å². The normalized spacial score (nSPS) is 21.2. The monoisotopic (exact) mass is 281 g/mol. The molecule has 2 atom stereocenters. The minimum Gasteiger partial charge on any atom is -0.457 e. The van der Waals surface area contributed by atoms with E-state index in [2.05, 4.69) is 24.4 Å². The predicted octanol–water partition coefficient (Wildman–Crippen LogP) is 5.47. The number of rotatable bonds is 5. The molecule has 1 N–H and O–H groups in total. The lowest BCUT2D eigenvalue weighted by Gasteiger charge is -2.15. The molecule has 21 heavy (non-hydrogen) atoms. The summed E-state index contributed by atoms with van der Waals surface area (Å²) < 4.78 is 5.89. The zero-order valence-corrected chi connectivity index (χ0v) is 12.6. The van der Waals surface area contributed by atoms with Gasteiger partial charge in [-0.05, 0) is 49.4 Å². The Labute approximate surface area is 127 Å². The van der Waals surface area contributed by atoms with Gasteiger partial charge < -0.3 is 10.1 Å². The standard InChI is InChI=1S/C19H23NO/c1-2-15-11-12-17(13-15)20-16-7-6-10-19(14-16)21-18-8-4-3-5-9-18/h3-10,14-15,17,20H,2,11-13H2,1H3. The maximum atomic E-state index is 5.89. The van der Waals surface area contributed by atoms with Crippen molar-refractivity contribution in [3.63, 3.8) is 0 Å². The van der Waals surface area contributed by atoms with E-state index in [9.17, 15) is 0 Å². The van der Waals surface area contributed by atoms with E-state index in [1.54, 1.807) is 0 Å². The molecule has 2 unspecified atom stereocenters. The molecular weight excluding hydrogens is 258 g/mol. The first-order valence-corrected chi connectivity index (χ1v) is 7.93. The molecule has 0 aliphatic heterocycles. The Morgan fingerprint density at radius 2 is 1.81 bits per heavy atom.